The first kappa shape index (κ1) is 14.6. The van der Waals surface area contributed by atoms with Crippen molar-refractivity contribution in [2.45, 2.75) is 20.0 Å². The third kappa shape index (κ3) is 3.61. The summed E-state index contributed by atoms with van der Waals surface area (Å²) in [6.45, 7) is 3.85. The van der Waals surface area contributed by atoms with Crippen molar-refractivity contribution in [2.24, 2.45) is 0 Å². The number of ether oxygens (including phenoxy) is 2. The second-order valence-corrected chi connectivity index (χ2v) is 5.34. The van der Waals surface area contributed by atoms with Crippen molar-refractivity contribution in [1.82, 2.24) is 0 Å². The minimum Gasteiger partial charge on any atom is -0.487 e. The molecule has 0 saturated heterocycles. The van der Waals surface area contributed by atoms with E-state index in [1.165, 1.54) is 0 Å². The third-order valence-corrected chi connectivity index (χ3v) is 3.20. The summed E-state index contributed by atoms with van der Waals surface area (Å²) in [7, 11) is 0. The van der Waals surface area contributed by atoms with E-state index in [1.54, 1.807) is 36.4 Å². The van der Waals surface area contributed by atoms with Crippen LogP contribution in [-0.4, -0.2) is 12.1 Å². The maximum atomic E-state index is 12.2. The number of hydrogen-bond donors (Lipinski definition) is 0. The van der Waals surface area contributed by atoms with Crippen LogP contribution in [0.3, 0.4) is 0 Å². The molecule has 2 aromatic carbocycles. The van der Waals surface area contributed by atoms with Gasteiger partial charge in [0.05, 0.1) is 11.7 Å². The minimum atomic E-state index is -0.419. The van der Waals surface area contributed by atoms with Gasteiger partial charge in [0.2, 0.25) is 0 Å². The standard InChI is InChI=1S/C16H15BrO3/c1-11(2)19-14-9-5-6-10-15(14)20-16(18)12-7-3-4-8-13(12)17/h3-11H,1-2H3. The molecule has 4 heteroatoms. The van der Waals surface area contributed by atoms with Crippen molar-refractivity contribution in [3.63, 3.8) is 0 Å². The number of rotatable bonds is 4. The molecule has 0 atom stereocenters. The molecule has 0 aliphatic rings. The molecule has 0 N–H and O–H groups in total. The Morgan fingerprint density at radius 3 is 2.25 bits per heavy atom. The summed E-state index contributed by atoms with van der Waals surface area (Å²) in [5, 5.41) is 0. The van der Waals surface area contributed by atoms with E-state index in [4.69, 9.17) is 9.47 Å². The summed E-state index contributed by atoms with van der Waals surface area (Å²) >= 11 is 3.34. The summed E-state index contributed by atoms with van der Waals surface area (Å²) in [5.41, 5.74) is 0.479. The SMILES string of the molecule is CC(C)Oc1ccccc1OC(=O)c1ccccc1Br. The molecule has 2 rings (SSSR count). The molecule has 0 heterocycles. The molecule has 0 bridgehead atoms. The fourth-order valence-corrected chi connectivity index (χ4v) is 2.11. The predicted octanol–water partition coefficient (Wildman–Crippen LogP) is 4.46. The average molecular weight is 335 g/mol. The molecule has 0 spiro atoms. The highest BCUT2D eigenvalue weighted by Gasteiger charge is 2.15. The van der Waals surface area contributed by atoms with Crippen LogP contribution in [0.4, 0.5) is 0 Å². The van der Waals surface area contributed by atoms with Gasteiger partial charge in [0.25, 0.3) is 0 Å². The maximum absolute atomic E-state index is 12.2. The van der Waals surface area contributed by atoms with Crippen molar-refractivity contribution < 1.29 is 14.3 Å². The molecule has 2 aromatic rings. The molecular weight excluding hydrogens is 320 g/mol. The van der Waals surface area contributed by atoms with E-state index >= 15 is 0 Å². The molecule has 0 radical (unpaired) electrons. The molecule has 0 aromatic heterocycles. The number of carbonyl (C=O) groups excluding carboxylic acids is 1. The van der Waals surface area contributed by atoms with Gasteiger partial charge in [0.1, 0.15) is 0 Å². The number of para-hydroxylation sites is 2. The van der Waals surface area contributed by atoms with E-state index in [0.717, 1.165) is 0 Å². The van der Waals surface area contributed by atoms with E-state index in [-0.39, 0.29) is 6.10 Å². The lowest BCUT2D eigenvalue weighted by Gasteiger charge is -2.14. The Hall–Kier alpha value is -1.81. The summed E-state index contributed by atoms with van der Waals surface area (Å²) in [4.78, 5) is 12.2. The van der Waals surface area contributed by atoms with Crippen LogP contribution in [0.25, 0.3) is 0 Å². The Bertz CT molecular complexity index is 608. The topological polar surface area (TPSA) is 35.5 Å². The van der Waals surface area contributed by atoms with Gasteiger partial charge in [-0.1, -0.05) is 24.3 Å². The fraction of sp³-hybridized carbons (Fsp3) is 0.188. The fourth-order valence-electron chi connectivity index (χ4n) is 1.67. The number of halogens is 1. The lowest BCUT2D eigenvalue weighted by molar-refractivity contribution is 0.0724. The number of benzene rings is 2. The third-order valence-electron chi connectivity index (χ3n) is 2.51. The lowest BCUT2D eigenvalue weighted by Crippen LogP contribution is -2.12. The second kappa shape index (κ2) is 6.57. The first-order chi connectivity index (χ1) is 9.58. The van der Waals surface area contributed by atoms with E-state index in [2.05, 4.69) is 15.9 Å². The van der Waals surface area contributed by atoms with Crippen molar-refractivity contribution in [3.05, 3.63) is 58.6 Å². The molecule has 0 fully saturated rings. The number of hydrogen-bond acceptors (Lipinski definition) is 3. The molecule has 0 aliphatic heterocycles. The van der Waals surface area contributed by atoms with E-state index in [1.807, 2.05) is 26.0 Å². The van der Waals surface area contributed by atoms with Crippen LogP contribution in [0, 0.1) is 0 Å². The lowest BCUT2D eigenvalue weighted by atomic mass is 10.2. The molecule has 0 saturated carbocycles. The quantitative estimate of drug-likeness (QED) is 0.611. The van der Waals surface area contributed by atoms with E-state index in [9.17, 15) is 4.79 Å². The molecular formula is C16H15BrO3. The smallest absolute Gasteiger partial charge is 0.344 e. The normalized spacial score (nSPS) is 10.4. The summed E-state index contributed by atoms with van der Waals surface area (Å²) < 4.78 is 11.7. The van der Waals surface area contributed by atoms with Crippen LogP contribution < -0.4 is 9.47 Å². The van der Waals surface area contributed by atoms with E-state index < -0.39 is 5.97 Å². The Morgan fingerprint density at radius 2 is 1.60 bits per heavy atom. The highest BCUT2D eigenvalue weighted by Crippen LogP contribution is 2.29. The molecule has 0 amide bonds. The second-order valence-electron chi connectivity index (χ2n) is 4.48. The first-order valence-corrected chi connectivity index (χ1v) is 7.09. The zero-order chi connectivity index (χ0) is 14.5. The van der Waals surface area contributed by atoms with Gasteiger partial charge in [-0.25, -0.2) is 4.79 Å². The Labute approximate surface area is 126 Å². The zero-order valence-corrected chi connectivity index (χ0v) is 12.9. The van der Waals surface area contributed by atoms with E-state index in [0.29, 0.717) is 21.5 Å². The van der Waals surface area contributed by atoms with Gasteiger partial charge >= 0.3 is 5.97 Å². The van der Waals surface area contributed by atoms with Gasteiger partial charge in [-0.2, -0.15) is 0 Å². The van der Waals surface area contributed by atoms with Gasteiger partial charge in [-0.3, -0.25) is 0 Å². The van der Waals surface area contributed by atoms with Crippen LogP contribution in [0.2, 0.25) is 0 Å². The summed E-state index contributed by atoms with van der Waals surface area (Å²) in [6, 6.07) is 14.3. The van der Waals surface area contributed by atoms with Gasteiger partial charge in [0, 0.05) is 4.47 Å². The first-order valence-electron chi connectivity index (χ1n) is 6.30. The zero-order valence-electron chi connectivity index (χ0n) is 11.3. The number of esters is 1. The molecule has 104 valence electrons. The molecule has 3 nitrogen and oxygen atoms in total. The molecule has 0 aliphatic carbocycles. The van der Waals surface area contributed by atoms with Crippen LogP contribution in [0.5, 0.6) is 11.5 Å². The number of carbonyl (C=O) groups is 1. The Morgan fingerprint density at radius 1 is 1.00 bits per heavy atom. The highest BCUT2D eigenvalue weighted by atomic mass is 79.9. The van der Waals surface area contributed by atoms with Crippen LogP contribution in [0.15, 0.2) is 53.0 Å². The van der Waals surface area contributed by atoms with Gasteiger partial charge in [0.15, 0.2) is 11.5 Å². The van der Waals surface area contributed by atoms with Crippen molar-refractivity contribution in [1.29, 1.82) is 0 Å². The monoisotopic (exact) mass is 334 g/mol. The van der Waals surface area contributed by atoms with Crippen LogP contribution >= 0.6 is 15.9 Å². The molecule has 0 unspecified atom stereocenters. The van der Waals surface area contributed by atoms with Gasteiger partial charge in [-0.05, 0) is 54.0 Å². The largest absolute Gasteiger partial charge is 0.487 e. The Balaban J connectivity index is 2.22. The van der Waals surface area contributed by atoms with Gasteiger partial charge < -0.3 is 9.47 Å². The predicted molar refractivity (Wildman–Crippen MR) is 81.3 cm³/mol. The highest BCUT2D eigenvalue weighted by molar-refractivity contribution is 9.10. The summed E-state index contributed by atoms with van der Waals surface area (Å²) in [5.74, 6) is 0.558. The maximum Gasteiger partial charge on any atom is 0.344 e. The minimum absolute atomic E-state index is 0.0123. The van der Waals surface area contributed by atoms with Crippen LogP contribution in [0.1, 0.15) is 24.2 Å². The average Bonchev–Trinajstić information content (AvgIpc) is 2.41. The van der Waals surface area contributed by atoms with Crippen molar-refractivity contribution >= 4 is 21.9 Å². The van der Waals surface area contributed by atoms with Crippen molar-refractivity contribution in [2.75, 3.05) is 0 Å². The van der Waals surface area contributed by atoms with Crippen LogP contribution in [-0.2, 0) is 0 Å². The van der Waals surface area contributed by atoms with Crippen molar-refractivity contribution in [3.8, 4) is 11.5 Å². The Kier molecular flexibility index (Phi) is 4.79. The summed E-state index contributed by atoms with van der Waals surface area (Å²) in [6.07, 6.45) is 0.0123. The van der Waals surface area contributed by atoms with Gasteiger partial charge in [-0.15, -0.1) is 0 Å². The molecule has 20 heavy (non-hydrogen) atoms.